The predicted octanol–water partition coefficient (Wildman–Crippen LogP) is 1.96. The molecule has 1 aromatic carbocycles. The molecule has 21 heavy (non-hydrogen) atoms. The topological polar surface area (TPSA) is 99.0 Å². The zero-order valence-corrected chi connectivity index (χ0v) is 12.9. The Kier molecular flexibility index (Phi) is 5.83. The summed E-state index contributed by atoms with van der Waals surface area (Å²) in [6, 6.07) is 4.09. The summed E-state index contributed by atoms with van der Waals surface area (Å²) in [5.74, 6) is -0.117. The third kappa shape index (κ3) is 5.79. The number of amides is 1. The first kappa shape index (κ1) is 17.6. The molecule has 0 saturated carbocycles. The van der Waals surface area contributed by atoms with Crippen LogP contribution in [0.5, 0.6) is 5.75 Å². The van der Waals surface area contributed by atoms with Crippen molar-refractivity contribution in [1.29, 1.82) is 0 Å². The number of aliphatic hydroxyl groups is 2. The number of nitrogens with one attached hydrogen (secondary N) is 1. The minimum atomic E-state index is -1.25. The monoisotopic (exact) mass is 317 g/mol. The van der Waals surface area contributed by atoms with Crippen molar-refractivity contribution in [2.75, 3.05) is 6.54 Å². The van der Waals surface area contributed by atoms with E-state index in [-0.39, 0.29) is 17.3 Å². The summed E-state index contributed by atoms with van der Waals surface area (Å²) in [7, 11) is 0. The van der Waals surface area contributed by atoms with Crippen LogP contribution < -0.4 is 5.32 Å². The Labute approximate surface area is 128 Å². The predicted molar refractivity (Wildman–Crippen MR) is 78.3 cm³/mol. The van der Waals surface area contributed by atoms with Crippen molar-refractivity contribution >= 4 is 17.7 Å². The molecule has 6 nitrogen and oxygen atoms in total. The van der Waals surface area contributed by atoms with Crippen molar-refractivity contribution < 1.29 is 24.9 Å². The SMILES string of the molecule is CC(C)(C)OC(=O)NCC(O)C(O)c1ccc(O)c(Cl)c1. The highest BCUT2D eigenvalue weighted by Gasteiger charge is 2.22. The Bertz CT molecular complexity index is 501. The molecule has 0 aliphatic heterocycles. The largest absolute Gasteiger partial charge is 0.506 e. The fraction of sp³-hybridized carbons (Fsp3) is 0.500. The zero-order chi connectivity index (χ0) is 16.2. The standard InChI is InChI=1S/C14H20ClNO5/c1-14(2,3)21-13(20)16-7-11(18)12(19)8-4-5-10(17)9(15)6-8/h4-6,11-12,17-19H,7H2,1-3H3,(H,16,20). The molecule has 4 N–H and O–H groups in total. The number of hydrogen-bond donors (Lipinski definition) is 4. The van der Waals surface area contributed by atoms with Crippen LogP contribution in [0.3, 0.4) is 0 Å². The molecular weight excluding hydrogens is 298 g/mol. The molecule has 0 aliphatic rings. The molecule has 0 radical (unpaired) electrons. The molecule has 118 valence electrons. The lowest BCUT2D eigenvalue weighted by atomic mass is 10.0. The summed E-state index contributed by atoms with van der Waals surface area (Å²) >= 11 is 5.73. The van der Waals surface area contributed by atoms with Gasteiger partial charge in [-0.1, -0.05) is 17.7 Å². The van der Waals surface area contributed by atoms with Gasteiger partial charge in [0.25, 0.3) is 0 Å². The van der Waals surface area contributed by atoms with E-state index in [0.29, 0.717) is 5.56 Å². The summed E-state index contributed by atoms with van der Waals surface area (Å²) in [5.41, 5.74) is -0.311. The van der Waals surface area contributed by atoms with Gasteiger partial charge in [0.2, 0.25) is 0 Å². The van der Waals surface area contributed by atoms with Crippen LogP contribution >= 0.6 is 11.6 Å². The Morgan fingerprint density at radius 2 is 2.00 bits per heavy atom. The van der Waals surface area contributed by atoms with Gasteiger partial charge in [0.15, 0.2) is 0 Å². The number of hydrogen-bond acceptors (Lipinski definition) is 5. The summed E-state index contributed by atoms with van der Waals surface area (Å²) in [6.45, 7) is 4.97. The maximum absolute atomic E-state index is 11.4. The normalized spacial score (nSPS) is 14.4. The number of halogens is 1. The molecule has 0 heterocycles. The number of alkyl carbamates (subject to hydrolysis) is 1. The number of benzene rings is 1. The number of phenolic OH excluding ortho intramolecular Hbond substituents is 1. The van der Waals surface area contributed by atoms with Gasteiger partial charge in [-0.25, -0.2) is 4.79 Å². The fourth-order valence-corrected chi connectivity index (χ4v) is 1.73. The second-order valence-electron chi connectivity index (χ2n) is 5.61. The Balaban J connectivity index is 2.56. The van der Waals surface area contributed by atoms with Crippen LogP contribution in [0.4, 0.5) is 4.79 Å². The van der Waals surface area contributed by atoms with Crippen LogP contribution in [0.1, 0.15) is 32.4 Å². The third-order valence-corrected chi connectivity index (χ3v) is 2.83. The van der Waals surface area contributed by atoms with E-state index in [9.17, 15) is 20.1 Å². The Morgan fingerprint density at radius 3 is 2.52 bits per heavy atom. The summed E-state index contributed by atoms with van der Waals surface area (Å²) in [4.78, 5) is 11.4. The molecular formula is C14H20ClNO5. The molecule has 0 saturated heterocycles. The van der Waals surface area contributed by atoms with Crippen LogP contribution in [0.2, 0.25) is 5.02 Å². The highest BCUT2D eigenvalue weighted by molar-refractivity contribution is 6.32. The molecule has 0 spiro atoms. The first-order valence-electron chi connectivity index (χ1n) is 6.41. The van der Waals surface area contributed by atoms with E-state index in [0.717, 1.165) is 0 Å². The van der Waals surface area contributed by atoms with E-state index in [4.69, 9.17) is 16.3 Å². The average Bonchev–Trinajstić information content (AvgIpc) is 2.36. The molecule has 7 heteroatoms. The average molecular weight is 318 g/mol. The lowest BCUT2D eigenvalue weighted by molar-refractivity contribution is 0.0129. The summed E-state index contributed by atoms with van der Waals surface area (Å²) in [5, 5.41) is 31.5. The van der Waals surface area contributed by atoms with E-state index >= 15 is 0 Å². The van der Waals surface area contributed by atoms with Gasteiger partial charge in [-0.05, 0) is 38.5 Å². The van der Waals surface area contributed by atoms with Crippen LogP contribution in [-0.4, -0.2) is 39.7 Å². The minimum Gasteiger partial charge on any atom is -0.506 e. The Morgan fingerprint density at radius 1 is 1.38 bits per heavy atom. The quantitative estimate of drug-likeness (QED) is 0.680. The molecule has 0 bridgehead atoms. The minimum absolute atomic E-state index is 0.0684. The molecule has 1 amide bonds. The van der Waals surface area contributed by atoms with Gasteiger partial charge >= 0.3 is 6.09 Å². The van der Waals surface area contributed by atoms with Gasteiger partial charge in [0, 0.05) is 6.54 Å². The second kappa shape index (κ2) is 6.98. The van der Waals surface area contributed by atoms with E-state index in [1.165, 1.54) is 18.2 Å². The number of carbonyl (C=O) groups is 1. The third-order valence-electron chi connectivity index (χ3n) is 2.53. The highest BCUT2D eigenvalue weighted by atomic mass is 35.5. The number of carbonyl (C=O) groups excluding carboxylic acids is 1. The summed E-state index contributed by atoms with van der Waals surface area (Å²) in [6.07, 6.45) is -3.17. The molecule has 0 aliphatic carbocycles. The van der Waals surface area contributed by atoms with E-state index in [1.54, 1.807) is 20.8 Å². The lowest BCUT2D eigenvalue weighted by Crippen LogP contribution is -2.38. The maximum Gasteiger partial charge on any atom is 0.407 e. The first-order chi connectivity index (χ1) is 9.60. The van der Waals surface area contributed by atoms with Crippen LogP contribution in [0.25, 0.3) is 0 Å². The van der Waals surface area contributed by atoms with Crippen LogP contribution in [0.15, 0.2) is 18.2 Å². The Hall–Kier alpha value is -1.50. The van der Waals surface area contributed by atoms with Crippen molar-refractivity contribution in [2.45, 2.75) is 38.6 Å². The molecule has 2 atom stereocenters. The highest BCUT2D eigenvalue weighted by Crippen LogP contribution is 2.27. The first-order valence-corrected chi connectivity index (χ1v) is 6.79. The molecule has 1 aromatic rings. The van der Waals surface area contributed by atoms with Gasteiger partial charge in [0.1, 0.15) is 23.6 Å². The number of aliphatic hydroxyl groups excluding tert-OH is 2. The number of ether oxygens (including phenoxy) is 1. The molecule has 0 aromatic heterocycles. The molecule has 0 fully saturated rings. The molecule has 1 rings (SSSR count). The fourth-order valence-electron chi connectivity index (χ4n) is 1.54. The van der Waals surface area contributed by atoms with E-state index in [1.807, 2.05) is 0 Å². The van der Waals surface area contributed by atoms with Crippen molar-refractivity contribution in [1.82, 2.24) is 5.32 Å². The molecule has 2 unspecified atom stereocenters. The van der Waals surface area contributed by atoms with Crippen molar-refractivity contribution in [3.63, 3.8) is 0 Å². The van der Waals surface area contributed by atoms with Crippen molar-refractivity contribution in [3.8, 4) is 5.75 Å². The smallest absolute Gasteiger partial charge is 0.407 e. The lowest BCUT2D eigenvalue weighted by Gasteiger charge is -2.22. The van der Waals surface area contributed by atoms with Crippen LogP contribution in [-0.2, 0) is 4.74 Å². The summed E-state index contributed by atoms with van der Waals surface area (Å²) < 4.78 is 5.01. The number of phenols is 1. The van der Waals surface area contributed by atoms with Gasteiger partial charge in [-0.15, -0.1) is 0 Å². The number of aromatic hydroxyl groups is 1. The van der Waals surface area contributed by atoms with Gasteiger partial charge in [-0.3, -0.25) is 0 Å². The van der Waals surface area contributed by atoms with Crippen LogP contribution in [0, 0.1) is 0 Å². The maximum atomic E-state index is 11.4. The van der Waals surface area contributed by atoms with E-state index in [2.05, 4.69) is 5.32 Å². The van der Waals surface area contributed by atoms with Crippen molar-refractivity contribution in [3.05, 3.63) is 28.8 Å². The van der Waals surface area contributed by atoms with Gasteiger partial charge < -0.3 is 25.4 Å². The zero-order valence-electron chi connectivity index (χ0n) is 12.1. The van der Waals surface area contributed by atoms with Gasteiger partial charge in [0.05, 0.1) is 5.02 Å². The second-order valence-corrected chi connectivity index (χ2v) is 6.01. The van der Waals surface area contributed by atoms with E-state index < -0.39 is 23.9 Å². The number of rotatable bonds is 4. The van der Waals surface area contributed by atoms with Gasteiger partial charge in [-0.2, -0.15) is 0 Å². The van der Waals surface area contributed by atoms with Crippen molar-refractivity contribution in [2.24, 2.45) is 0 Å².